The number of hydrogen-bond donors (Lipinski definition) is 4. The summed E-state index contributed by atoms with van der Waals surface area (Å²) >= 11 is 0. The molecule has 0 saturated heterocycles. The van der Waals surface area contributed by atoms with Gasteiger partial charge in [-0.3, -0.25) is 4.99 Å². The molecule has 0 saturated carbocycles. The molecule has 16 heavy (non-hydrogen) atoms. The molecule has 1 atom stereocenters. The molecule has 0 aromatic heterocycles. The van der Waals surface area contributed by atoms with Crippen LogP contribution in [0.25, 0.3) is 0 Å². The van der Waals surface area contributed by atoms with Crippen LogP contribution in [0.15, 0.2) is 9.98 Å². The van der Waals surface area contributed by atoms with Crippen LogP contribution in [-0.4, -0.2) is 47.5 Å². The second-order valence-corrected chi connectivity index (χ2v) is 2.88. The van der Waals surface area contributed by atoms with Crippen LogP contribution < -0.4 is 11.1 Å². The first-order valence-corrected chi connectivity index (χ1v) is 4.46. The lowest BCUT2D eigenvalue weighted by Gasteiger charge is -2.10. The Hall–Kier alpha value is -2.12. The van der Waals surface area contributed by atoms with Crippen molar-refractivity contribution in [3.63, 3.8) is 0 Å². The highest BCUT2D eigenvalue weighted by Crippen LogP contribution is 1.98. The Morgan fingerprint density at radius 3 is 2.50 bits per heavy atom. The summed E-state index contributed by atoms with van der Waals surface area (Å²) in [5, 5.41) is 18.9. The zero-order valence-electron chi connectivity index (χ0n) is 8.59. The molecule has 0 heterocycles. The summed E-state index contributed by atoms with van der Waals surface area (Å²) in [5.41, 5.74) is 5.23. The molecule has 8 nitrogen and oxygen atoms in total. The van der Waals surface area contributed by atoms with E-state index in [2.05, 4.69) is 16.7 Å². The van der Waals surface area contributed by atoms with Crippen molar-refractivity contribution in [1.29, 1.82) is 0 Å². The average molecular weight is 230 g/mol. The van der Waals surface area contributed by atoms with Gasteiger partial charge in [0.2, 0.25) is 5.96 Å². The fraction of sp³-hybridized carbons (Fsp3) is 0.500. The minimum Gasteiger partial charge on any atom is -0.480 e. The highest BCUT2D eigenvalue weighted by Gasteiger charge is 2.18. The molecule has 0 spiro atoms. The van der Waals surface area contributed by atoms with Crippen LogP contribution in [-0.2, 0) is 4.79 Å². The van der Waals surface area contributed by atoms with Crippen molar-refractivity contribution in [2.24, 2.45) is 15.7 Å². The molecule has 0 aromatic carbocycles. The Bertz CT molecular complexity index is 302. The van der Waals surface area contributed by atoms with E-state index in [1.54, 1.807) is 0 Å². The number of aliphatic imine (C=N–C) groups is 2. The van der Waals surface area contributed by atoms with Gasteiger partial charge in [0, 0.05) is 6.54 Å². The van der Waals surface area contributed by atoms with Crippen LogP contribution in [0.4, 0.5) is 4.79 Å². The van der Waals surface area contributed by atoms with E-state index in [9.17, 15) is 9.59 Å². The molecular formula is C8H14N4O4. The van der Waals surface area contributed by atoms with Crippen LogP contribution in [0.5, 0.6) is 0 Å². The lowest BCUT2D eigenvalue weighted by molar-refractivity contribution is -0.139. The van der Waals surface area contributed by atoms with Crippen LogP contribution in [0.1, 0.15) is 12.8 Å². The third-order valence-electron chi connectivity index (χ3n) is 1.68. The fourth-order valence-corrected chi connectivity index (χ4v) is 0.945. The maximum Gasteiger partial charge on any atom is 0.405 e. The first-order chi connectivity index (χ1) is 7.47. The molecular weight excluding hydrogens is 216 g/mol. The summed E-state index contributed by atoms with van der Waals surface area (Å²) in [7, 11) is 0. The molecule has 5 N–H and O–H groups in total. The summed E-state index contributed by atoms with van der Waals surface area (Å²) in [4.78, 5) is 28.0. The molecule has 8 heteroatoms. The quantitative estimate of drug-likeness (QED) is 0.277. The minimum absolute atomic E-state index is 0.0260. The van der Waals surface area contributed by atoms with Gasteiger partial charge in [-0.05, 0) is 19.6 Å². The van der Waals surface area contributed by atoms with E-state index in [-0.39, 0.29) is 18.9 Å². The van der Waals surface area contributed by atoms with E-state index in [1.807, 2.05) is 5.32 Å². The van der Waals surface area contributed by atoms with Gasteiger partial charge in [0.15, 0.2) is 0 Å². The Morgan fingerprint density at radius 1 is 1.44 bits per heavy atom. The summed E-state index contributed by atoms with van der Waals surface area (Å²) in [5.74, 6) is -1.20. The maximum atomic E-state index is 10.6. The van der Waals surface area contributed by atoms with Gasteiger partial charge in [0.1, 0.15) is 6.04 Å². The number of carboxylic acid groups (broad SMARTS) is 2. The van der Waals surface area contributed by atoms with Crippen molar-refractivity contribution in [2.75, 3.05) is 6.54 Å². The van der Waals surface area contributed by atoms with Gasteiger partial charge in [0.25, 0.3) is 0 Å². The van der Waals surface area contributed by atoms with Crippen molar-refractivity contribution in [1.82, 2.24) is 5.32 Å². The van der Waals surface area contributed by atoms with Gasteiger partial charge in [-0.2, -0.15) is 0 Å². The largest absolute Gasteiger partial charge is 0.480 e. The first kappa shape index (κ1) is 13.9. The number of carbonyl (C=O) groups is 2. The van der Waals surface area contributed by atoms with Gasteiger partial charge < -0.3 is 21.3 Å². The molecule has 1 unspecified atom stereocenters. The van der Waals surface area contributed by atoms with Crippen LogP contribution >= 0.6 is 0 Å². The number of amides is 1. The lowest BCUT2D eigenvalue weighted by Crippen LogP contribution is -2.39. The number of nitrogens with two attached hydrogens (primary N) is 1. The molecule has 0 fully saturated rings. The SMILES string of the molecule is C=NC(N)=NCCCC(NC(=O)O)C(=O)O. The molecule has 90 valence electrons. The number of nitrogens with zero attached hydrogens (tertiary/aromatic N) is 2. The van der Waals surface area contributed by atoms with Crippen LogP contribution in [0.2, 0.25) is 0 Å². The van der Waals surface area contributed by atoms with Gasteiger partial charge in [-0.25, -0.2) is 14.6 Å². The standard InChI is InChI=1S/C8H14N4O4/c1-10-7(9)11-4-2-3-5(6(13)14)12-8(15)16/h5,12H,1-4H2,(H2,9,11)(H,13,14)(H,15,16). The van der Waals surface area contributed by atoms with E-state index in [4.69, 9.17) is 15.9 Å². The van der Waals surface area contributed by atoms with Crippen molar-refractivity contribution < 1.29 is 19.8 Å². The third kappa shape index (κ3) is 6.35. The van der Waals surface area contributed by atoms with Crippen molar-refractivity contribution in [3.8, 4) is 0 Å². The summed E-state index contributed by atoms with van der Waals surface area (Å²) in [6.45, 7) is 3.43. The van der Waals surface area contributed by atoms with Gasteiger partial charge in [-0.15, -0.1) is 0 Å². The highest BCUT2D eigenvalue weighted by molar-refractivity contribution is 5.82. The van der Waals surface area contributed by atoms with E-state index < -0.39 is 18.1 Å². The Balaban J connectivity index is 3.99. The smallest absolute Gasteiger partial charge is 0.405 e. The zero-order chi connectivity index (χ0) is 12.6. The average Bonchev–Trinajstić information content (AvgIpc) is 2.21. The number of guanidine groups is 1. The topological polar surface area (TPSA) is 137 Å². The summed E-state index contributed by atoms with van der Waals surface area (Å²) in [6.07, 6.45) is -0.855. The number of hydrogen-bond acceptors (Lipinski definition) is 3. The van der Waals surface area contributed by atoms with Gasteiger partial charge in [0.05, 0.1) is 0 Å². The third-order valence-corrected chi connectivity index (χ3v) is 1.68. The van der Waals surface area contributed by atoms with Crippen LogP contribution in [0, 0.1) is 0 Å². The first-order valence-electron chi connectivity index (χ1n) is 4.46. The summed E-state index contributed by atoms with van der Waals surface area (Å²) in [6, 6.07) is -1.13. The van der Waals surface area contributed by atoms with Crippen LogP contribution in [0.3, 0.4) is 0 Å². The normalized spacial score (nSPS) is 12.9. The summed E-state index contributed by atoms with van der Waals surface area (Å²) < 4.78 is 0. The monoisotopic (exact) mass is 230 g/mol. The number of aliphatic carboxylic acids is 1. The number of rotatable bonds is 6. The Morgan fingerprint density at radius 2 is 2.06 bits per heavy atom. The second-order valence-electron chi connectivity index (χ2n) is 2.88. The molecule has 0 rings (SSSR count). The fourth-order valence-electron chi connectivity index (χ4n) is 0.945. The molecule has 1 amide bonds. The minimum atomic E-state index is -1.37. The van der Waals surface area contributed by atoms with Crippen molar-refractivity contribution >= 4 is 24.7 Å². The number of carboxylic acids is 1. The van der Waals surface area contributed by atoms with Gasteiger partial charge >= 0.3 is 12.1 Å². The van der Waals surface area contributed by atoms with E-state index in [1.165, 1.54) is 0 Å². The van der Waals surface area contributed by atoms with E-state index in [0.29, 0.717) is 6.42 Å². The maximum absolute atomic E-state index is 10.6. The molecule has 0 bridgehead atoms. The molecule has 0 aromatic rings. The molecule has 0 radical (unpaired) electrons. The predicted octanol–water partition coefficient (Wildman–Crippen LogP) is -0.497. The number of nitrogens with one attached hydrogen (secondary N) is 1. The molecule has 0 aliphatic rings. The van der Waals surface area contributed by atoms with E-state index >= 15 is 0 Å². The van der Waals surface area contributed by atoms with Crippen molar-refractivity contribution in [3.05, 3.63) is 0 Å². The van der Waals surface area contributed by atoms with Gasteiger partial charge in [-0.1, -0.05) is 0 Å². The Kier molecular flexibility index (Phi) is 6.25. The Labute approximate surface area is 91.9 Å². The molecule has 0 aliphatic heterocycles. The lowest BCUT2D eigenvalue weighted by atomic mass is 10.1. The molecule has 0 aliphatic carbocycles. The highest BCUT2D eigenvalue weighted by atomic mass is 16.4. The van der Waals surface area contributed by atoms with Crippen molar-refractivity contribution in [2.45, 2.75) is 18.9 Å². The van der Waals surface area contributed by atoms with E-state index in [0.717, 1.165) is 0 Å². The zero-order valence-corrected chi connectivity index (χ0v) is 8.59. The predicted molar refractivity (Wildman–Crippen MR) is 57.9 cm³/mol. The second kappa shape index (κ2) is 7.21.